The van der Waals surface area contributed by atoms with Crippen molar-refractivity contribution < 1.29 is 0 Å². The van der Waals surface area contributed by atoms with Crippen LogP contribution in [0.5, 0.6) is 0 Å². The number of nitrogens with two attached hydrogens (primary N) is 1. The van der Waals surface area contributed by atoms with Gasteiger partial charge < -0.3 is 10.3 Å². The van der Waals surface area contributed by atoms with Crippen LogP contribution in [0.25, 0.3) is 0 Å². The van der Waals surface area contributed by atoms with Crippen molar-refractivity contribution in [2.75, 3.05) is 0 Å². The Kier molecular flexibility index (Phi) is 3.52. The first-order chi connectivity index (χ1) is 8.10. The van der Waals surface area contributed by atoms with Crippen molar-refractivity contribution in [1.29, 1.82) is 0 Å². The fraction of sp³-hybridized carbons (Fsp3) is 0.846. The maximum absolute atomic E-state index is 5.71. The van der Waals surface area contributed by atoms with E-state index in [0.717, 1.165) is 18.2 Å². The maximum Gasteiger partial charge on any atom is 0.146 e. The summed E-state index contributed by atoms with van der Waals surface area (Å²) in [5, 5.41) is 8.64. The molecule has 1 heterocycles. The number of aromatic nitrogens is 3. The third kappa shape index (κ3) is 2.23. The molecule has 0 amide bonds. The van der Waals surface area contributed by atoms with Crippen LogP contribution < -0.4 is 5.73 Å². The topological polar surface area (TPSA) is 56.7 Å². The zero-order chi connectivity index (χ0) is 12.5. The van der Waals surface area contributed by atoms with Crippen LogP contribution in [0.1, 0.15) is 64.0 Å². The highest BCUT2D eigenvalue weighted by molar-refractivity contribution is 5.08. The van der Waals surface area contributed by atoms with Gasteiger partial charge in [-0.2, -0.15) is 0 Å². The zero-order valence-electron chi connectivity index (χ0n) is 11.2. The van der Waals surface area contributed by atoms with Gasteiger partial charge in [0.05, 0.1) is 6.54 Å². The highest BCUT2D eigenvalue weighted by atomic mass is 15.3. The Labute approximate surface area is 104 Å². The van der Waals surface area contributed by atoms with Crippen molar-refractivity contribution in [2.45, 2.75) is 65.5 Å². The SMILES string of the molecule is CCn1c(CN)nnc1C1CCCCC1(C)C. The molecule has 0 radical (unpaired) electrons. The lowest BCUT2D eigenvalue weighted by atomic mass is 9.68. The Morgan fingerprint density at radius 3 is 2.71 bits per heavy atom. The minimum absolute atomic E-state index is 0.337. The van der Waals surface area contributed by atoms with Crippen molar-refractivity contribution in [1.82, 2.24) is 14.8 Å². The number of nitrogens with zero attached hydrogens (tertiary/aromatic N) is 3. The smallest absolute Gasteiger partial charge is 0.146 e. The quantitative estimate of drug-likeness (QED) is 0.877. The van der Waals surface area contributed by atoms with Crippen LogP contribution in [0.4, 0.5) is 0 Å². The normalized spacial score (nSPS) is 23.9. The summed E-state index contributed by atoms with van der Waals surface area (Å²) in [6, 6.07) is 0. The second-order valence-corrected chi connectivity index (χ2v) is 5.71. The molecule has 4 heteroatoms. The van der Waals surface area contributed by atoms with E-state index >= 15 is 0 Å². The summed E-state index contributed by atoms with van der Waals surface area (Å²) >= 11 is 0. The van der Waals surface area contributed by atoms with E-state index in [2.05, 4.69) is 35.5 Å². The first kappa shape index (κ1) is 12.6. The Balaban J connectivity index is 2.35. The molecular weight excluding hydrogens is 212 g/mol. The fourth-order valence-electron chi connectivity index (χ4n) is 3.08. The minimum Gasteiger partial charge on any atom is -0.324 e. The summed E-state index contributed by atoms with van der Waals surface area (Å²) in [7, 11) is 0. The van der Waals surface area contributed by atoms with Gasteiger partial charge in [-0.3, -0.25) is 0 Å². The van der Waals surface area contributed by atoms with Crippen LogP contribution in [0.15, 0.2) is 0 Å². The third-order valence-corrected chi connectivity index (χ3v) is 4.17. The standard InChI is InChI=1S/C13H24N4/c1-4-17-11(9-14)15-16-12(17)10-7-5-6-8-13(10,2)3/h10H,4-9,14H2,1-3H3. The van der Waals surface area contributed by atoms with Crippen LogP contribution in [0, 0.1) is 5.41 Å². The average molecular weight is 236 g/mol. The third-order valence-electron chi connectivity index (χ3n) is 4.17. The first-order valence-corrected chi connectivity index (χ1v) is 6.72. The van der Waals surface area contributed by atoms with Crippen molar-refractivity contribution in [3.63, 3.8) is 0 Å². The van der Waals surface area contributed by atoms with Gasteiger partial charge in [-0.15, -0.1) is 10.2 Å². The molecule has 0 aliphatic heterocycles. The van der Waals surface area contributed by atoms with E-state index in [0.29, 0.717) is 17.9 Å². The van der Waals surface area contributed by atoms with Gasteiger partial charge >= 0.3 is 0 Å². The van der Waals surface area contributed by atoms with E-state index < -0.39 is 0 Å². The van der Waals surface area contributed by atoms with Gasteiger partial charge in [-0.05, 0) is 25.2 Å². The molecule has 17 heavy (non-hydrogen) atoms. The van der Waals surface area contributed by atoms with Gasteiger partial charge in [0.25, 0.3) is 0 Å². The molecular formula is C13H24N4. The van der Waals surface area contributed by atoms with Gasteiger partial charge in [0.1, 0.15) is 11.6 Å². The van der Waals surface area contributed by atoms with Gasteiger partial charge in [0.2, 0.25) is 0 Å². The molecule has 0 spiro atoms. The Morgan fingerprint density at radius 2 is 2.12 bits per heavy atom. The number of rotatable bonds is 3. The summed E-state index contributed by atoms with van der Waals surface area (Å²) in [6.45, 7) is 8.25. The largest absolute Gasteiger partial charge is 0.324 e. The molecule has 1 aliphatic rings. The molecule has 1 aromatic heterocycles. The van der Waals surface area contributed by atoms with Crippen molar-refractivity contribution >= 4 is 0 Å². The minimum atomic E-state index is 0.337. The highest BCUT2D eigenvalue weighted by Gasteiger charge is 2.36. The predicted molar refractivity (Wildman–Crippen MR) is 68.6 cm³/mol. The second-order valence-electron chi connectivity index (χ2n) is 5.71. The van der Waals surface area contributed by atoms with Crippen molar-refractivity contribution in [2.24, 2.45) is 11.1 Å². The van der Waals surface area contributed by atoms with Gasteiger partial charge in [0, 0.05) is 12.5 Å². The van der Waals surface area contributed by atoms with Gasteiger partial charge in [-0.1, -0.05) is 26.7 Å². The van der Waals surface area contributed by atoms with Crippen LogP contribution in [-0.4, -0.2) is 14.8 Å². The summed E-state index contributed by atoms with van der Waals surface area (Å²) in [5.41, 5.74) is 6.05. The molecule has 0 saturated heterocycles. The van der Waals surface area contributed by atoms with E-state index in [-0.39, 0.29) is 0 Å². The van der Waals surface area contributed by atoms with Crippen molar-refractivity contribution in [3.8, 4) is 0 Å². The van der Waals surface area contributed by atoms with E-state index in [1.807, 2.05) is 0 Å². The monoisotopic (exact) mass is 236 g/mol. The predicted octanol–water partition coefficient (Wildman–Crippen LogP) is 2.44. The van der Waals surface area contributed by atoms with Crippen molar-refractivity contribution in [3.05, 3.63) is 11.6 Å². The molecule has 1 atom stereocenters. The van der Waals surface area contributed by atoms with Crippen LogP contribution in [0.3, 0.4) is 0 Å². The molecule has 1 saturated carbocycles. The maximum atomic E-state index is 5.71. The Hall–Kier alpha value is -0.900. The summed E-state index contributed by atoms with van der Waals surface area (Å²) in [5.74, 6) is 2.60. The zero-order valence-corrected chi connectivity index (χ0v) is 11.2. The lowest BCUT2D eigenvalue weighted by Gasteiger charge is -2.38. The highest BCUT2D eigenvalue weighted by Crippen LogP contribution is 2.46. The average Bonchev–Trinajstić information content (AvgIpc) is 2.70. The molecule has 1 aromatic rings. The molecule has 1 unspecified atom stereocenters. The molecule has 0 aromatic carbocycles. The summed E-state index contributed by atoms with van der Waals surface area (Å²) < 4.78 is 2.21. The Morgan fingerprint density at radius 1 is 1.35 bits per heavy atom. The Bertz CT molecular complexity index is 381. The van der Waals surface area contributed by atoms with Crippen LogP contribution >= 0.6 is 0 Å². The summed E-state index contributed by atoms with van der Waals surface area (Å²) in [6.07, 6.45) is 5.16. The molecule has 4 nitrogen and oxygen atoms in total. The summed E-state index contributed by atoms with van der Waals surface area (Å²) in [4.78, 5) is 0. The van der Waals surface area contributed by atoms with E-state index in [9.17, 15) is 0 Å². The lowest BCUT2D eigenvalue weighted by Crippen LogP contribution is -2.28. The van der Waals surface area contributed by atoms with Gasteiger partial charge in [-0.25, -0.2) is 0 Å². The fourth-order valence-corrected chi connectivity index (χ4v) is 3.08. The number of hydrogen-bond donors (Lipinski definition) is 1. The number of hydrogen-bond acceptors (Lipinski definition) is 3. The van der Waals surface area contributed by atoms with Crippen LogP contribution in [0.2, 0.25) is 0 Å². The lowest BCUT2D eigenvalue weighted by molar-refractivity contribution is 0.188. The molecule has 1 fully saturated rings. The van der Waals surface area contributed by atoms with E-state index in [4.69, 9.17) is 5.73 Å². The molecule has 96 valence electrons. The molecule has 1 aliphatic carbocycles. The first-order valence-electron chi connectivity index (χ1n) is 6.72. The second kappa shape index (κ2) is 4.77. The van der Waals surface area contributed by atoms with Gasteiger partial charge in [0.15, 0.2) is 0 Å². The van der Waals surface area contributed by atoms with Crippen LogP contribution in [-0.2, 0) is 13.1 Å². The molecule has 0 bridgehead atoms. The van der Waals surface area contributed by atoms with E-state index in [1.54, 1.807) is 0 Å². The molecule has 2 N–H and O–H groups in total. The molecule has 2 rings (SSSR count). The van der Waals surface area contributed by atoms with E-state index in [1.165, 1.54) is 25.7 Å².